The van der Waals surface area contributed by atoms with Crippen LogP contribution in [0, 0.1) is 6.92 Å². The molecule has 0 saturated heterocycles. The van der Waals surface area contributed by atoms with Crippen LogP contribution in [0.5, 0.6) is 5.75 Å². The van der Waals surface area contributed by atoms with E-state index in [0.29, 0.717) is 12.3 Å². The van der Waals surface area contributed by atoms with E-state index in [9.17, 15) is 4.79 Å². The van der Waals surface area contributed by atoms with Crippen LogP contribution in [0.4, 0.5) is 0 Å². The number of pyridine rings is 1. The van der Waals surface area contributed by atoms with Gasteiger partial charge in [-0.15, -0.1) is 0 Å². The molecule has 1 aliphatic heterocycles. The number of nitrogens with one attached hydrogen (secondary N) is 1. The zero-order valence-corrected chi connectivity index (χ0v) is 14.2. The zero-order valence-electron chi connectivity index (χ0n) is 13.3. The number of carbonyl (C=O) groups is 1. The average Bonchev–Trinajstić information content (AvgIpc) is 2.96. The number of thioether (sulfide) groups is 1. The van der Waals surface area contributed by atoms with Crippen molar-refractivity contribution in [2.24, 2.45) is 0 Å². The van der Waals surface area contributed by atoms with Gasteiger partial charge in [-0.1, -0.05) is 12.1 Å². The average molecular weight is 328 g/mol. The number of benzene rings is 1. The summed E-state index contributed by atoms with van der Waals surface area (Å²) in [6.45, 7) is 2.62. The number of hydrogen-bond donors (Lipinski definition) is 1. The van der Waals surface area contributed by atoms with Gasteiger partial charge in [0, 0.05) is 18.2 Å². The summed E-state index contributed by atoms with van der Waals surface area (Å²) in [4.78, 5) is 16.1. The maximum absolute atomic E-state index is 11.6. The Hall–Kier alpha value is -2.01. The highest BCUT2D eigenvalue weighted by Crippen LogP contribution is 2.38. The fourth-order valence-corrected chi connectivity index (χ4v) is 3.19. The van der Waals surface area contributed by atoms with E-state index in [4.69, 9.17) is 4.74 Å². The first-order valence-electron chi connectivity index (χ1n) is 7.64. The lowest BCUT2D eigenvalue weighted by Crippen LogP contribution is -2.35. The SMILES string of the molecule is CSCC(=O)NCC1Cc2cc(C)cc(-c3ccccn3)c2O1. The second-order valence-corrected chi connectivity index (χ2v) is 6.56. The van der Waals surface area contributed by atoms with Crippen molar-refractivity contribution < 1.29 is 9.53 Å². The molecule has 4 nitrogen and oxygen atoms in total. The first-order valence-corrected chi connectivity index (χ1v) is 9.04. The molecule has 1 amide bonds. The number of hydrogen-bond acceptors (Lipinski definition) is 4. The second-order valence-electron chi connectivity index (χ2n) is 5.70. The molecule has 1 unspecified atom stereocenters. The van der Waals surface area contributed by atoms with Crippen LogP contribution < -0.4 is 10.1 Å². The summed E-state index contributed by atoms with van der Waals surface area (Å²) in [7, 11) is 0. The molecule has 0 bridgehead atoms. The lowest BCUT2D eigenvalue weighted by atomic mass is 10.0. The number of amides is 1. The molecule has 3 rings (SSSR count). The van der Waals surface area contributed by atoms with Crippen LogP contribution in [-0.4, -0.2) is 35.5 Å². The summed E-state index contributed by atoms with van der Waals surface area (Å²) < 4.78 is 6.11. The minimum Gasteiger partial charge on any atom is -0.487 e. The van der Waals surface area contributed by atoms with E-state index >= 15 is 0 Å². The van der Waals surface area contributed by atoms with Gasteiger partial charge in [0.15, 0.2) is 0 Å². The largest absolute Gasteiger partial charge is 0.487 e. The molecule has 23 heavy (non-hydrogen) atoms. The Morgan fingerprint density at radius 1 is 1.43 bits per heavy atom. The number of carbonyl (C=O) groups excluding carboxylic acids is 1. The number of aryl methyl sites for hydroxylation is 1. The zero-order chi connectivity index (χ0) is 16.2. The van der Waals surface area contributed by atoms with Crippen molar-refractivity contribution in [1.29, 1.82) is 0 Å². The summed E-state index contributed by atoms with van der Waals surface area (Å²) in [6, 6.07) is 10.1. The Bertz CT molecular complexity index is 704. The normalized spacial score (nSPS) is 15.8. The Labute approximate surface area is 140 Å². The number of nitrogens with zero attached hydrogens (tertiary/aromatic N) is 1. The minimum absolute atomic E-state index is 0.0138. The quantitative estimate of drug-likeness (QED) is 0.917. The molecule has 0 spiro atoms. The minimum atomic E-state index is -0.0138. The van der Waals surface area contributed by atoms with Crippen LogP contribution in [0.1, 0.15) is 11.1 Å². The van der Waals surface area contributed by atoms with Gasteiger partial charge >= 0.3 is 0 Å². The highest BCUT2D eigenvalue weighted by atomic mass is 32.2. The fraction of sp³-hybridized carbons (Fsp3) is 0.333. The van der Waals surface area contributed by atoms with Crippen molar-refractivity contribution in [3.63, 3.8) is 0 Å². The molecule has 120 valence electrons. The number of ether oxygens (including phenoxy) is 1. The van der Waals surface area contributed by atoms with Gasteiger partial charge < -0.3 is 10.1 Å². The van der Waals surface area contributed by atoms with Crippen molar-refractivity contribution in [2.45, 2.75) is 19.4 Å². The topological polar surface area (TPSA) is 51.2 Å². The number of aromatic nitrogens is 1. The second kappa shape index (κ2) is 7.04. The summed E-state index contributed by atoms with van der Waals surface area (Å²) in [5.41, 5.74) is 4.33. The molecular formula is C18H20N2O2S. The van der Waals surface area contributed by atoms with Crippen LogP contribution in [0.15, 0.2) is 36.5 Å². The molecule has 1 N–H and O–H groups in total. The van der Waals surface area contributed by atoms with E-state index < -0.39 is 0 Å². The highest BCUT2D eigenvalue weighted by molar-refractivity contribution is 7.99. The number of rotatable bonds is 5. The molecule has 2 aromatic rings. The molecule has 1 aromatic heterocycles. The smallest absolute Gasteiger partial charge is 0.230 e. The summed E-state index contributed by atoms with van der Waals surface area (Å²) >= 11 is 1.52. The third-order valence-electron chi connectivity index (χ3n) is 3.79. The fourth-order valence-electron chi connectivity index (χ4n) is 2.83. The maximum Gasteiger partial charge on any atom is 0.230 e. The molecule has 0 saturated carbocycles. The molecule has 0 radical (unpaired) electrons. The van der Waals surface area contributed by atoms with Crippen LogP contribution in [0.3, 0.4) is 0 Å². The third-order valence-corrected chi connectivity index (χ3v) is 4.34. The van der Waals surface area contributed by atoms with Gasteiger partial charge in [-0.05, 0) is 42.5 Å². The molecule has 2 heterocycles. The van der Waals surface area contributed by atoms with E-state index in [2.05, 4.69) is 29.4 Å². The number of fused-ring (bicyclic) bond motifs is 1. The molecule has 0 fully saturated rings. The molecule has 1 aliphatic rings. The van der Waals surface area contributed by atoms with Crippen molar-refractivity contribution in [1.82, 2.24) is 10.3 Å². The van der Waals surface area contributed by atoms with Gasteiger partial charge in [0.2, 0.25) is 5.91 Å². The molecule has 1 aromatic carbocycles. The van der Waals surface area contributed by atoms with Gasteiger partial charge in [0.25, 0.3) is 0 Å². The maximum atomic E-state index is 11.6. The highest BCUT2D eigenvalue weighted by Gasteiger charge is 2.27. The molecule has 5 heteroatoms. The lowest BCUT2D eigenvalue weighted by Gasteiger charge is -2.13. The van der Waals surface area contributed by atoms with Gasteiger partial charge in [-0.25, -0.2) is 0 Å². The van der Waals surface area contributed by atoms with Crippen molar-refractivity contribution in [2.75, 3.05) is 18.6 Å². The van der Waals surface area contributed by atoms with Crippen molar-refractivity contribution >= 4 is 17.7 Å². The van der Waals surface area contributed by atoms with Crippen LogP contribution in [0.25, 0.3) is 11.3 Å². The lowest BCUT2D eigenvalue weighted by molar-refractivity contribution is -0.118. The summed E-state index contributed by atoms with van der Waals surface area (Å²) in [5.74, 6) is 1.44. The Morgan fingerprint density at radius 2 is 2.30 bits per heavy atom. The predicted molar refractivity (Wildman–Crippen MR) is 93.9 cm³/mol. The molecular weight excluding hydrogens is 308 g/mol. The van der Waals surface area contributed by atoms with Gasteiger partial charge in [-0.2, -0.15) is 11.8 Å². The van der Waals surface area contributed by atoms with E-state index in [1.165, 1.54) is 22.9 Å². The Kier molecular flexibility index (Phi) is 4.86. The Balaban J connectivity index is 1.78. The van der Waals surface area contributed by atoms with Gasteiger partial charge in [0.05, 0.1) is 18.0 Å². The monoisotopic (exact) mass is 328 g/mol. The van der Waals surface area contributed by atoms with Crippen molar-refractivity contribution in [3.05, 3.63) is 47.7 Å². The molecule has 0 aliphatic carbocycles. The summed E-state index contributed by atoms with van der Waals surface area (Å²) in [6.07, 6.45) is 4.51. The van der Waals surface area contributed by atoms with Crippen LogP contribution in [-0.2, 0) is 11.2 Å². The van der Waals surface area contributed by atoms with Crippen LogP contribution in [0.2, 0.25) is 0 Å². The van der Waals surface area contributed by atoms with Crippen molar-refractivity contribution in [3.8, 4) is 17.0 Å². The Morgan fingerprint density at radius 3 is 3.04 bits per heavy atom. The van der Waals surface area contributed by atoms with Gasteiger partial charge in [0.1, 0.15) is 11.9 Å². The first-order chi connectivity index (χ1) is 11.2. The van der Waals surface area contributed by atoms with Gasteiger partial charge in [-0.3, -0.25) is 9.78 Å². The first kappa shape index (κ1) is 15.9. The van der Waals surface area contributed by atoms with E-state index in [-0.39, 0.29) is 12.0 Å². The predicted octanol–water partition coefficient (Wildman–Crippen LogP) is 2.84. The molecule has 1 atom stereocenters. The van der Waals surface area contributed by atoms with E-state index in [0.717, 1.165) is 23.4 Å². The summed E-state index contributed by atoms with van der Waals surface area (Å²) in [5, 5.41) is 2.93. The standard InChI is InChI=1S/C18H20N2O2S/c1-12-7-13-9-14(10-20-17(21)11-23-2)22-18(13)15(8-12)16-5-3-4-6-19-16/h3-8,14H,9-11H2,1-2H3,(H,20,21). The van der Waals surface area contributed by atoms with Crippen LogP contribution >= 0.6 is 11.8 Å². The third kappa shape index (κ3) is 3.67. The van der Waals surface area contributed by atoms with E-state index in [1.54, 1.807) is 6.20 Å². The van der Waals surface area contributed by atoms with E-state index in [1.807, 2.05) is 24.5 Å².